The van der Waals surface area contributed by atoms with Crippen LogP contribution < -0.4 is 0 Å². The van der Waals surface area contributed by atoms with Crippen LogP contribution in [0.2, 0.25) is 58.9 Å². The molecule has 5 unspecified atom stereocenters. The second kappa shape index (κ2) is 9.16. The number of carbonyl (C=O) groups is 1. The maximum atomic E-state index is 12.5. The van der Waals surface area contributed by atoms with Crippen molar-refractivity contribution < 1.29 is 32.3 Å². The SMILES string of the molecule is COC(=O)C1OC(OC)C(O[Si](C)(C)C)C(O[Si](C)(C)C)C1O[Si](C)(C)C. The number of hydrogen-bond donors (Lipinski definition) is 0. The van der Waals surface area contributed by atoms with E-state index in [1.54, 1.807) is 7.11 Å². The average Bonchev–Trinajstić information content (AvgIpc) is 2.46. The molecule has 0 aliphatic carbocycles. The number of esters is 1. The van der Waals surface area contributed by atoms with Crippen molar-refractivity contribution in [3.05, 3.63) is 0 Å². The normalized spacial score (nSPS) is 30.3. The first-order valence-electron chi connectivity index (χ1n) is 9.37. The third-order valence-electron chi connectivity index (χ3n) is 3.63. The Kier molecular flexibility index (Phi) is 8.47. The number of hydrogen-bond acceptors (Lipinski definition) is 7. The molecule has 27 heavy (non-hydrogen) atoms. The van der Waals surface area contributed by atoms with Gasteiger partial charge in [-0.15, -0.1) is 0 Å². The van der Waals surface area contributed by atoms with Gasteiger partial charge in [-0.3, -0.25) is 0 Å². The molecular formula is C17H38O7Si3. The van der Waals surface area contributed by atoms with Gasteiger partial charge in [-0.05, 0) is 58.9 Å². The third kappa shape index (κ3) is 8.05. The lowest BCUT2D eigenvalue weighted by Gasteiger charge is -2.49. The molecule has 1 heterocycles. The molecule has 1 rings (SSSR count). The van der Waals surface area contributed by atoms with Crippen LogP contribution in [-0.2, 0) is 32.3 Å². The molecule has 1 fully saturated rings. The van der Waals surface area contributed by atoms with Gasteiger partial charge in [0.05, 0.1) is 7.11 Å². The van der Waals surface area contributed by atoms with Crippen molar-refractivity contribution in [3.8, 4) is 0 Å². The van der Waals surface area contributed by atoms with Gasteiger partial charge in [0.15, 0.2) is 37.3 Å². The lowest BCUT2D eigenvalue weighted by Crippen LogP contribution is -2.66. The first-order valence-corrected chi connectivity index (χ1v) is 19.6. The van der Waals surface area contributed by atoms with E-state index in [0.29, 0.717) is 0 Å². The van der Waals surface area contributed by atoms with E-state index in [9.17, 15) is 4.79 Å². The van der Waals surface area contributed by atoms with E-state index < -0.39 is 61.6 Å². The Hall–Kier alpha value is -0.0794. The lowest BCUT2D eigenvalue weighted by molar-refractivity contribution is -0.278. The van der Waals surface area contributed by atoms with Crippen LogP contribution in [0.5, 0.6) is 0 Å². The van der Waals surface area contributed by atoms with Crippen LogP contribution in [0.15, 0.2) is 0 Å². The van der Waals surface area contributed by atoms with Gasteiger partial charge >= 0.3 is 5.97 Å². The molecule has 0 saturated carbocycles. The quantitative estimate of drug-likeness (QED) is 0.425. The zero-order chi connectivity index (χ0) is 21.2. The number of methoxy groups -OCH3 is 2. The molecule has 10 heteroatoms. The van der Waals surface area contributed by atoms with Gasteiger partial charge in [0.1, 0.15) is 18.3 Å². The van der Waals surface area contributed by atoms with Gasteiger partial charge in [-0.1, -0.05) is 0 Å². The van der Waals surface area contributed by atoms with Crippen LogP contribution in [0.1, 0.15) is 0 Å². The Labute approximate surface area is 167 Å². The molecule has 0 radical (unpaired) electrons. The molecule has 7 nitrogen and oxygen atoms in total. The molecule has 0 aromatic rings. The van der Waals surface area contributed by atoms with Gasteiger partial charge in [-0.25, -0.2) is 4.79 Å². The molecule has 5 atom stereocenters. The van der Waals surface area contributed by atoms with E-state index in [1.807, 2.05) is 0 Å². The summed E-state index contributed by atoms with van der Waals surface area (Å²) in [5.41, 5.74) is 0. The zero-order valence-corrected chi connectivity index (χ0v) is 21.7. The van der Waals surface area contributed by atoms with Crippen molar-refractivity contribution in [1.29, 1.82) is 0 Å². The molecule has 0 bridgehead atoms. The van der Waals surface area contributed by atoms with Crippen LogP contribution in [0.3, 0.4) is 0 Å². The molecular weight excluding hydrogens is 400 g/mol. The van der Waals surface area contributed by atoms with Crippen LogP contribution in [0.25, 0.3) is 0 Å². The van der Waals surface area contributed by atoms with Crippen molar-refractivity contribution in [2.24, 2.45) is 0 Å². The highest BCUT2D eigenvalue weighted by atomic mass is 28.4. The van der Waals surface area contributed by atoms with Gasteiger partial charge in [0, 0.05) is 7.11 Å². The molecule has 1 aliphatic rings. The molecule has 0 amide bonds. The average molecular weight is 439 g/mol. The van der Waals surface area contributed by atoms with Crippen molar-refractivity contribution in [1.82, 2.24) is 0 Å². The summed E-state index contributed by atoms with van der Waals surface area (Å²) in [6, 6.07) is 0. The van der Waals surface area contributed by atoms with Crippen LogP contribution >= 0.6 is 0 Å². The van der Waals surface area contributed by atoms with Crippen LogP contribution in [-0.4, -0.2) is 75.8 Å². The molecule has 160 valence electrons. The summed E-state index contributed by atoms with van der Waals surface area (Å²) in [6.07, 6.45) is -3.21. The Morgan fingerprint density at radius 2 is 1.11 bits per heavy atom. The smallest absolute Gasteiger partial charge is 0.337 e. The van der Waals surface area contributed by atoms with Gasteiger partial charge in [0.2, 0.25) is 0 Å². The Bertz CT molecular complexity index is 496. The predicted molar refractivity (Wildman–Crippen MR) is 112 cm³/mol. The highest BCUT2D eigenvalue weighted by molar-refractivity contribution is 6.70. The summed E-state index contributed by atoms with van der Waals surface area (Å²) in [7, 11) is -3.07. The molecule has 0 aromatic heterocycles. The molecule has 0 aromatic carbocycles. The van der Waals surface area contributed by atoms with Crippen LogP contribution in [0.4, 0.5) is 0 Å². The lowest BCUT2D eigenvalue weighted by atomic mass is 9.99. The maximum absolute atomic E-state index is 12.5. The molecule has 1 aliphatic heterocycles. The first kappa shape index (κ1) is 25.0. The second-order valence-corrected chi connectivity index (χ2v) is 23.1. The Balaban J connectivity index is 3.41. The van der Waals surface area contributed by atoms with E-state index >= 15 is 0 Å². The number of carbonyl (C=O) groups excluding carboxylic acids is 1. The zero-order valence-electron chi connectivity index (χ0n) is 18.7. The van der Waals surface area contributed by atoms with Crippen molar-refractivity contribution in [2.45, 2.75) is 89.6 Å². The fourth-order valence-electron chi connectivity index (χ4n) is 2.92. The van der Waals surface area contributed by atoms with Crippen molar-refractivity contribution in [2.75, 3.05) is 14.2 Å². The van der Waals surface area contributed by atoms with Gasteiger partial charge in [0.25, 0.3) is 0 Å². The second-order valence-electron chi connectivity index (χ2n) is 9.77. The summed E-state index contributed by atoms with van der Waals surface area (Å²) in [5, 5.41) is 0. The van der Waals surface area contributed by atoms with Crippen molar-refractivity contribution in [3.63, 3.8) is 0 Å². The molecule has 0 N–H and O–H groups in total. The summed E-state index contributed by atoms with van der Waals surface area (Å²) < 4.78 is 35.9. The van der Waals surface area contributed by atoms with E-state index in [0.717, 1.165) is 0 Å². The van der Waals surface area contributed by atoms with Crippen LogP contribution in [0, 0.1) is 0 Å². The van der Waals surface area contributed by atoms with E-state index in [-0.39, 0.29) is 0 Å². The fraction of sp³-hybridized carbons (Fsp3) is 0.941. The standard InChI is InChI=1S/C17H38O7Si3/c1-19-16(18)14-12(22-25(3,4)5)13(23-26(6,7)8)15(17(20-2)21-14)24-27(9,10)11/h12-15,17H,1-11H3. The monoisotopic (exact) mass is 438 g/mol. The Morgan fingerprint density at radius 3 is 1.48 bits per heavy atom. The highest BCUT2D eigenvalue weighted by Gasteiger charge is 2.54. The van der Waals surface area contributed by atoms with Gasteiger partial charge < -0.3 is 27.5 Å². The number of rotatable bonds is 8. The topological polar surface area (TPSA) is 72.5 Å². The summed E-state index contributed by atoms with van der Waals surface area (Å²) in [4.78, 5) is 12.5. The van der Waals surface area contributed by atoms with E-state index in [1.165, 1.54) is 7.11 Å². The fourth-order valence-corrected chi connectivity index (χ4v) is 6.14. The first-order chi connectivity index (χ1) is 12.1. The molecule has 0 spiro atoms. The van der Waals surface area contributed by atoms with Crippen molar-refractivity contribution >= 4 is 30.9 Å². The maximum Gasteiger partial charge on any atom is 0.337 e. The minimum atomic E-state index is -2.02. The Morgan fingerprint density at radius 1 is 0.704 bits per heavy atom. The largest absolute Gasteiger partial charge is 0.467 e. The van der Waals surface area contributed by atoms with E-state index in [4.69, 9.17) is 27.5 Å². The highest BCUT2D eigenvalue weighted by Crippen LogP contribution is 2.34. The number of ether oxygens (including phenoxy) is 3. The summed E-state index contributed by atoms with van der Waals surface area (Å²) in [5.74, 6) is -0.490. The van der Waals surface area contributed by atoms with E-state index in [2.05, 4.69) is 58.9 Å². The van der Waals surface area contributed by atoms with Gasteiger partial charge in [-0.2, -0.15) is 0 Å². The minimum absolute atomic E-state index is 0.474. The predicted octanol–water partition coefficient (Wildman–Crippen LogP) is 3.19. The third-order valence-corrected chi connectivity index (χ3v) is 6.57. The summed E-state index contributed by atoms with van der Waals surface area (Å²) >= 11 is 0. The minimum Gasteiger partial charge on any atom is -0.467 e. The summed E-state index contributed by atoms with van der Waals surface area (Å²) in [6.45, 7) is 18.8. The molecule has 1 saturated heterocycles.